The number of aryl methyl sites for hydroxylation is 1. The lowest BCUT2D eigenvalue weighted by atomic mass is 10.2. The first-order valence-electron chi connectivity index (χ1n) is 7.29. The fraction of sp³-hybridized carbons (Fsp3) is 0.733. The molecule has 4 heteroatoms. The maximum absolute atomic E-state index is 5.84. The summed E-state index contributed by atoms with van der Waals surface area (Å²) in [6.07, 6.45) is 2.56. The maximum Gasteiger partial charge on any atom is 0.157 e. The molecule has 1 heterocycles. The molecule has 0 amide bonds. The summed E-state index contributed by atoms with van der Waals surface area (Å²) in [5.41, 5.74) is 2.08. The van der Waals surface area contributed by atoms with E-state index >= 15 is 0 Å². The van der Waals surface area contributed by atoms with Crippen LogP contribution < -0.4 is 5.32 Å². The highest BCUT2D eigenvalue weighted by Gasteiger charge is 2.35. The van der Waals surface area contributed by atoms with Crippen molar-refractivity contribution >= 4 is 0 Å². The van der Waals surface area contributed by atoms with E-state index in [1.165, 1.54) is 12.8 Å². The summed E-state index contributed by atoms with van der Waals surface area (Å²) in [5.74, 6) is 1.48. The molecule has 19 heavy (non-hydrogen) atoms. The molecule has 1 N–H and O–H groups in total. The van der Waals surface area contributed by atoms with Gasteiger partial charge in [0.05, 0.1) is 5.69 Å². The Morgan fingerprint density at radius 3 is 2.68 bits per heavy atom. The van der Waals surface area contributed by atoms with Gasteiger partial charge in [-0.05, 0) is 38.7 Å². The molecule has 0 saturated heterocycles. The monoisotopic (exact) mass is 263 g/mol. The van der Waals surface area contributed by atoms with Gasteiger partial charge in [0.25, 0.3) is 0 Å². The molecule has 4 nitrogen and oxygen atoms in total. The fourth-order valence-electron chi connectivity index (χ4n) is 2.18. The fourth-order valence-corrected chi connectivity index (χ4v) is 2.18. The van der Waals surface area contributed by atoms with E-state index in [2.05, 4.69) is 35.2 Å². The lowest BCUT2D eigenvalue weighted by Gasteiger charge is -2.17. The predicted molar refractivity (Wildman–Crippen MR) is 75.8 cm³/mol. The summed E-state index contributed by atoms with van der Waals surface area (Å²) >= 11 is 0. The molecule has 1 aliphatic rings. The average molecular weight is 263 g/mol. The summed E-state index contributed by atoms with van der Waals surface area (Å²) < 4.78 is 5.84. The van der Waals surface area contributed by atoms with Crippen molar-refractivity contribution < 1.29 is 4.74 Å². The number of hydrogen-bond donors (Lipinski definition) is 1. The molecule has 1 saturated carbocycles. The minimum absolute atomic E-state index is 0.0858. The third-order valence-electron chi connectivity index (χ3n) is 3.27. The highest BCUT2D eigenvalue weighted by molar-refractivity contribution is 5.12. The van der Waals surface area contributed by atoms with Crippen molar-refractivity contribution in [3.8, 4) is 0 Å². The van der Waals surface area contributed by atoms with Crippen LogP contribution in [-0.4, -0.2) is 22.6 Å². The lowest BCUT2D eigenvalue weighted by molar-refractivity contribution is 0.0397. The normalized spacial score (nSPS) is 16.9. The second-order valence-corrected chi connectivity index (χ2v) is 5.61. The highest BCUT2D eigenvalue weighted by atomic mass is 16.5. The molecule has 1 aromatic rings. The van der Waals surface area contributed by atoms with E-state index in [-0.39, 0.29) is 6.10 Å². The van der Waals surface area contributed by atoms with E-state index in [1.54, 1.807) is 0 Å². The Bertz CT molecular complexity index is 416. The van der Waals surface area contributed by atoms with Crippen molar-refractivity contribution in [2.75, 3.05) is 6.61 Å². The SMILES string of the molecule is CCOC(c1nc(C)cc(CNC(C)C)n1)C1CC1. The molecule has 0 aliphatic heterocycles. The Morgan fingerprint density at radius 2 is 2.11 bits per heavy atom. The van der Waals surface area contributed by atoms with Crippen LogP contribution in [0.3, 0.4) is 0 Å². The topological polar surface area (TPSA) is 47.0 Å². The first-order valence-corrected chi connectivity index (χ1v) is 7.29. The van der Waals surface area contributed by atoms with Gasteiger partial charge in [-0.25, -0.2) is 9.97 Å². The molecule has 1 atom stereocenters. The largest absolute Gasteiger partial charge is 0.370 e. The summed E-state index contributed by atoms with van der Waals surface area (Å²) in [6.45, 7) is 9.85. The molecule has 106 valence electrons. The van der Waals surface area contributed by atoms with Crippen molar-refractivity contribution in [2.24, 2.45) is 5.92 Å². The van der Waals surface area contributed by atoms with Crippen molar-refractivity contribution in [2.45, 2.75) is 59.2 Å². The van der Waals surface area contributed by atoms with Gasteiger partial charge in [0.15, 0.2) is 5.82 Å². The van der Waals surface area contributed by atoms with Crippen LogP contribution in [0.5, 0.6) is 0 Å². The van der Waals surface area contributed by atoms with Crippen molar-refractivity contribution in [3.05, 3.63) is 23.3 Å². The molecule has 2 rings (SSSR count). The Balaban J connectivity index is 2.14. The second-order valence-electron chi connectivity index (χ2n) is 5.61. The molecular formula is C15H25N3O. The van der Waals surface area contributed by atoms with E-state index in [1.807, 2.05) is 13.8 Å². The Kier molecular flexibility index (Phi) is 4.88. The average Bonchev–Trinajstić information content (AvgIpc) is 3.17. The third-order valence-corrected chi connectivity index (χ3v) is 3.27. The summed E-state index contributed by atoms with van der Waals surface area (Å²) in [6, 6.07) is 2.51. The summed E-state index contributed by atoms with van der Waals surface area (Å²) in [5, 5.41) is 3.40. The zero-order chi connectivity index (χ0) is 13.8. The van der Waals surface area contributed by atoms with Crippen LogP contribution in [0.15, 0.2) is 6.07 Å². The zero-order valence-corrected chi connectivity index (χ0v) is 12.4. The zero-order valence-electron chi connectivity index (χ0n) is 12.4. The lowest BCUT2D eigenvalue weighted by Crippen LogP contribution is -2.23. The van der Waals surface area contributed by atoms with Crippen LogP contribution in [-0.2, 0) is 11.3 Å². The molecule has 1 aromatic heterocycles. The molecule has 0 bridgehead atoms. The van der Waals surface area contributed by atoms with E-state index in [9.17, 15) is 0 Å². The Labute approximate surface area is 116 Å². The van der Waals surface area contributed by atoms with E-state index in [0.717, 1.165) is 30.4 Å². The van der Waals surface area contributed by atoms with E-state index in [0.29, 0.717) is 12.0 Å². The van der Waals surface area contributed by atoms with Gasteiger partial charge in [-0.1, -0.05) is 13.8 Å². The van der Waals surface area contributed by atoms with Crippen LogP contribution in [0.4, 0.5) is 0 Å². The van der Waals surface area contributed by atoms with Gasteiger partial charge >= 0.3 is 0 Å². The molecular weight excluding hydrogens is 238 g/mol. The van der Waals surface area contributed by atoms with Crippen molar-refractivity contribution in [3.63, 3.8) is 0 Å². The molecule has 1 fully saturated rings. The minimum atomic E-state index is 0.0858. The molecule has 0 aromatic carbocycles. The van der Waals surface area contributed by atoms with E-state index in [4.69, 9.17) is 4.74 Å². The predicted octanol–water partition coefficient (Wildman–Crippen LogP) is 2.77. The molecule has 1 aliphatic carbocycles. The summed E-state index contributed by atoms with van der Waals surface area (Å²) in [4.78, 5) is 9.26. The van der Waals surface area contributed by atoms with Gasteiger partial charge in [0.1, 0.15) is 6.10 Å². The Morgan fingerprint density at radius 1 is 1.37 bits per heavy atom. The smallest absolute Gasteiger partial charge is 0.157 e. The van der Waals surface area contributed by atoms with Crippen LogP contribution in [0.2, 0.25) is 0 Å². The van der Waals surface area contributed by atoms with Crippen LogP contribution >= 0.6 is 0 Å². The first-order chi connectivity index (χ1) is 9.10. The molecule has 0 spiro atoms. The minimum Gasteiger partial charge on any atom is -0.370 e. The standard InChI is InChI=1S/C15H25N3O/c1-5-19-14(12-6-7-12)15-17-11(4)8-13(18-15)9-16-10(2)3/h8,10,12,14,16H,5-7,9H2,1-4H3. The number of aromatic nitrogens is 2. The van der Waals surface area contributed by atoms with E-state index < -0.39 is 0 Å². The second kappa shape index (κ2) is 6.44. The number of nitrogens with zero attached hydrogens (tertiary/aromatic N) is 2. The summed E-state index contributed by atoms with van der Waals surface area (Å²) in [7, 11) is 0. The van der Waals surface area contributed by atoms with Gasteiger partial charge in [-0.2, -0.15) is 0 Å². The highest BCUT2D eigenvalue weighted by Crippen LogP contribution is 2.42. The number of hydrogen-bond acceptors (Lipinski definition) is 4. The van der Waals surface area contributed by atoms with Crippen LogP contribution in [0.25, 0.3) is 0 Å². The molecule has 0 radical (unpaired) electrons. The molecule has 1 unspecified atom stereocenters. The maximum atomic E-state index is 5.84. The van der Waals surface area contributed by atoms with Crippen molar-refractivity contribution in [1.29, 1.82) is 0 Å². The van der Waals surface area contributed by atoms with Gasteiger partial charge in [-0.15, -0.1) is 0 Å². The van der Waals surface area contributed by atoms with Crippen molar-refractivity contribution in [1.82, 2.24) is 15.3 Å². The third kappa shape index (κ3) is 4.25. The van der Waals surface area contributed by atoms with Crippen LogP contribution in [0.1, 0.15) is 56.9 Å². The number of ether oxygens (including phenoxy) is 1. The Hall–Kier alpha value is -1.00. The van der Waals surface area contributed by atoms with Gasteiger partial charge in [-0.3, -0.25) is 0 Å². The number of rotatable bonds is 7. The first kappa shape index (κ1) is 14.4. The van der Waals surface area contributed by atoms with Gasteiger partial charge in [0, 0.05) is 24.9 Å². The number of nitrogens with one attached hydrogen (secondary N) is 1. The quantitative estimate of drug-likeness (QED) is 0.821. The van der Waals surface area contributed by atoms with Gasteiger partial charge < -0.3 is 10.1 Å². The van der Waals surface area contributed by atoms with Gasteiger partial charge in [0.2, 0.25) is 0 Å². The van der Waals surface area contributed by atoms with Crippen LogP contribution in [0, 0.1) is 12.8 Å².